The Morgan fingerprint density at radius 1 is 0.958 bits per heavy atom. The van der Waals surface area contributed by atoms with E-state index in [0.29, 0.717) is 73.6 Å². The highest BCUT2D eigenvalue weighted by molar-refractivity contribution is 7.11. The molecule has 1 N–H and O–H groups in total. The second-order valence-electron chi connectivity index (χ2n) is 12.9. The molecule has 11 nitrogen and oxygen atoms in total. The molecule has 2 aromatic carbocycles. The number of hydrogen-bond donors (Lipinski definition) is 1. The molecule has 1 saturated carbocycles. The molecule has 12 heteroatoms. The number of aromatic nitrogens is 1. The Morgan fingerprint density at radius 2 is 1.71 bits per heavy atom. The normalized spacial score (nSPS) is 23.6. The van der Waals surface area contributed by atoms with Crippen molar-refractivity contribution in [2.75, 3.05) is 32.7 Å². The van der Waals surface area contributed by atoms with E-state index in [4.69, 9.17) is 4.74 Å². The van der Waals surface area contributed by atoms with E-state index in [9.17, 15) is 24.0 Å². The van der Waals surface area contributed by atoms with Crippen LogP contribution in [0.3, 0.4) is 0 Å². The number of carbonyl (C=O) groups is 5. The molecule has 2 fully saturated rings. The molecule has 3 aromatic rings. The standard InChI is InChI=1S/C36H39N5O6S/c1-2-38-32(42)24-9-3-4-10-25(24)33(43)40-17-14-22-8-7-13-29(47-23-15-16-39(19-23)36(46)30-18-37-21-48-30)31(22)28(40)20-41-34(44)26-11-5-6-12-27(26)35(41)45/h5-8,11-13,18,21,23-25,28H,2-4,9-10,14-17,19-20H2,1H3,(H,38,42)/t23?,24?,25?,28-/m1/s1. The summed E-state index contributed by atoms with van der Waals surface area (Å²) in [4.78, 5) is 77.4. The van der Waals surface area contributed by atoms with Gasteiger partial charge in [-0.15, -0.1) is 11.3 Å². The summed E-state index contributed by atoms with van der Waals surface area (Å²) >= 11 is 1.31. The molecule has 0 bridgehead atoms. The summed E-state index contributed by atoms with van der Waals surface area (Å²) < 4.78 is 6.65. The van der Waals surface area contributed by atoms with Crippen LogP contribution < -0.4 is 10.1 Å². The van der Waals surface area contributed by atoms with E-state index in [1.165, 1.54) is 16.2 Å². The minimum atomic E-state index is -0.673. The number of likely N-dealkylation sites (tertiary alicyclic amines) is 1. The van der Waals surface area contributed by atoms with Gasteiger partial charge in [-0.2, -0.15) is 0 Å². The number of amides is 5. The van der Waals surface area contributed by atoms with Gasteiger partial charge in [-0.3, -0.25) is 33.9 Å². The molecule has 1 saturated heterocycles. The number of ether oxygens (including phenoxy) is 1. The van der Waals surface area contributed by atoms with E-state index >= 15 is 0 Å². The maximum atomic E-state index is 14.6. The van der Waals surface area contributed by atoms with E-state index in [-0.39, 0.29) is 42.2 Å². The Labute approximate surface area is 283 Å². The molecule has 4 heterocycles. The van der Waals surface area contributed by atoms with E-state index in [0.717, 1.165) is 24.0 Å². The van der Waals surface area contributed by atoms with E-state index in [1.807, 2.05) is 25.1 Å². The lowest BCUT2D eigenvalue weighted by Gasteiger charge is -2.43. The molecule has 0 spiro atoms. The molecule has 0 radical (unpaired) electrons. The average Bonchev–Trinajstić information content (AvgIpc) is 3.87. The van der Waals surface area contributed by atoms with Crippen LogP contribution in [0.5, 0.6) is 5.75 Å². The van der Waals surface area contributed by atoms with Crippen molar-refractivity contribution in [2.45, 2.75) is 57.6 Å². The van der Waals surface area contributed by atoms with Crippen LogP contribution >= 0.6 is 11.3 Å². The molecule has 5 amide bonds. The number of fused-ring (bicyclic) bond motifs is 2. The lowest BCUT2D eigenvalue weighted by molar-refractivity contribution is -0.146. The van der Waals surface area contributed by atoms with Gasteiger partial charge in [0.15, 0.2) is 0 Å². The monoisotopic (exact) mass is 669 g/mol. The Bertz CT molecular complexity index is 1710. The van der Waals surface area contributed by atoms with Gasteiger partial charge < -0.3 is 19.9 Å². The first-order valence-corrected chi connectivity index (χ1v) is 17.7. The van der Waals surface area contributed by atoms with Gasteiger partial charge in [0.2, 0.25) is 11.8 Å². The molecule has 250 valence electrons. The summed E-state index contributed by atoms with van der Waals surface area (Å²) in [5.74, 6) is -1.44. The number of imide groups is 1. The zero-order valence-electron chi connectivity index (χ0n) is 26.9. The maximum Gasteiger partial charge on any atom is 0.265 e. The number of thiazole rings is 1. The van der Waals surface area contributed by atoms with Crippen molar-refractivity contribution in [3.63, 3.8) is 0 Å². The first kappa shape index (κ1) is 32.0. The van der Waals surface area contributed by atoms with Gasteiger partial charge in [0.05, 0.1) is 42.0 Å². The number of hydrogen-bond acceptors (Lipinski definition) is 8. The van der Waals surface area contributed by atoms with Gasteiger partial charge in [0.25, 0.3) is 17.7 Å². The van der Waals surface area contributed by atoms with Crippen LogP contribution in [0.15, 0.2) is 54.2 Å². The predicted molar refractivity (Wildman–Crippen MR) is 178 cm³/mol. The third kappa shape index (κ3) is 5.86. The second kappa shape index (κ2) is 13.5. The molecule has 4 aliphatic rings. The molecular weight excluding hydrogens is 630 g/mol. The summed E-state index contributed by atoms with van der Waals surface area (Å²) in [6.07, 6.45) is 5.48. The van der Waals surface area contributed by atoms with E-state index in [1.54, 1.807) is 45.8 Å². The lowest BCUT2D eigenvalue weighted by atomic mass is 9.77. The van der Waals surface area contributed by atoms with Crippen LogP contribution in [0, 0.1) is 11.8 Å². The van der Waals surface area contributed by atoms with Crippen molar-refractivity contribution >= 4 is 40.9 Å². The van der Waals surface area contributed by atoms with Crippen LogP contribution in [-0.4, -0.2) is 88.0 Å². The molecule has 7 rings (SSSR count). The smallest absolute Gasteiger partial charge is 0.265 e. The minimum Gasteiger partial charge on any atom is -0.488 e. The number of nitrogens with zero attached hydrogens (tertiary/aromatic N) is 4. The SMILES string of the molecule is CCNC(=O)C1CCCCC1C(=O)N1CCc2cccc(OC3CCN(C(=O)c4cncs4)C3)c2[C@H]1CN1C(=O)c2ccccc2C1=O. The summed E-state index contributed by atoms with van der Waals surface area (Å²) in [5, 5.41) is 2.92. The number of benzene rings is 2. The van der Waals surface area contributed by atoms with Crippen LogP contribution in [0.2, 0.25) is 0 Å². The van der Waals surface area contributed by atoms with Gasteiger partial charge in [-0.1, -0.05) is 37.1 Å². The highest BCUT2D eigenvalue weighted by Crippen LogP contribution is 2.42. The summed E-state index contributed by atoms with van der Waals surface area (Å²) in [5.41, 5.74) is 4.09. The first-order chi connectivity index (χ1) is 23.4. The van der Waals surface area contributed by atoms with Crippen LogP contribution in [0.25, 0.3) is 0 Å². The Morgan fingerprint density at radius 3 is 2.42 bits per heavy atom. The van der Waals surface area contributed by atoms with E-state index in [2.05, 4.69) is 10.3 Å². The molecule has 4 atom stereocenters. The Balaban J connectivity index is 1.21. The van der Waals surface area contributed by atoms with Crippen LogP contribution in [0.1, 0.15) is 86.6 Å². The largest absolute Gasteiger partial charge is 0.488 e. The third-order valence-electron chi connectivity index (χ3n) is 10.1. The van der Waals surface area contributed by atoms with Gasteiger partial charge in [0, 0.05) is 43.5 Å². The fourth-order valence-electron chi connectivity index (χ4n) is 7.80. The zero-order chi connectivity index (χ0) is 33.4. The quantitative estimate of drug-likeness (QED) is 0.358. The third-order valence-corrected chi connectivity index (χ3v) is 10.9. The van der Waals surface area contributed by atoms with Crippen molar-refractivity contribution in [3.8, 4) is 5.75 Å². The molecule has 1 aromatic heterocycles. The summed E-state index contributed by atoms with van der Waals surface area (Å²) in [6, 6.07) is 11.9. The molecule has 3 unspecified atom stereocenters. The van der Waals surface area contributed by atoms with Crippen molar-refractivity contribution in [2.24, 2.45) is 11.8 Å². The van der Waals surface area contributed by atoms with Crippen LogP contribution in [0.4, 0.5) is 0 Å². The van der Waals surface area contributed by atoms with Gasteiger partial charge in [-0.25, -0.2) is 0 Å². The number of nitrogens with one attached hydrogen (secondary N) is 1. The molecular formula is C36H39N5O6S. The van der Waals surface area contributed by atoms with Gasteiger partial charge in [-0.05, 0) is 49.9 Å². The van der Waals surface area contributed by atoms with Gasteiger partial charge >= 0.3 is 0 Å². The summed E-state index contributed by atoms with van der Waals surface area (Å²) in [7, 11) is 0. The fraction of sp³-hybridized carbons (Fsp3) is 0.444. The predicted octanol–water partition coefficient (Wildman–Crippen LogP) is 4.10. The molecule has 3 aliphatic heterocycles. The fourth-order valence-corrected chi connectivity index (χ4v) is 8.38. The highest BCUT2D eigenvalue weighted by atomic mass is 32.1. The lowest BCUT2D eigenvalue weighted by Crippen LogP contribution is -2.51. The Hall–Kier alpha value is -4.58. The van der Waals surface area contributed by atoms with E-state index < -0.39 is 17.9 Å². The Kier molecular flexibility index (Phi) is 9.00. The highest BCUT2D eigenvalue weighted by Gasteiger charge is 2.45. The second-order valence-corrected chi connectivity index (χ2v) is 13.8. The van der Waals surface area contributed by atoms with Crippen molar-refractivity contribution in [3.05, 3.63) is 81.3 Å². The number of rotatable bonds is 8. The summed E-state index contributed by atoms with van der Waals surface area (Å²) in [6.45, 7) is 3.67. The molecule has 48 heavy (non-hydrogen) atoms. The number of carbonyl (C=O) groups excluding carboxylic acids is 5. The topological polar surface area (TPSA) is 129 Å². The maximum absolute atomic E-state index is 14.6. The van der Waals surface area contributed by atoms with Crippen molar-refractivity contribution < 1.29 is 28.7 Å². The van der Waals surface area contributed by atoms with Crippen molar-refractivity contribution in [1.82, 2.24) is 25.0 Å². The van der Waals surface area contributed by atoms with Crippen molar-refractivity contribution in [1.29, 1.82) is 0 Å². The average molecular weight is 670 g/mol. The minimum absolute atomic E-state index is 0.0370. The zero-order valence-corrected chi connectivity index (χ0v) is 27.7. The van der Waals surface area contributed by atoms with Gasteiger partial charge in [0.1, 0.15) is 16.7 Å². The molecule has 1 aliphatic carbocycles. The van der Waals surface area contributed by atoms with Crippen LogP contribution in [-0.2, 0) is 16.0 Å². The first-order valence-electron chi connectivity index (χ1n) is 16.8.